The molecule has 1 rings (SSSR count). The third-order valence-electron chi connectivity index (χ3n) is 2.06. The highest BCUT2D eigenvalue weighted by molar-refractivity contribution is 7.89. The first kappa shape index (κ1) is 15.4. The molecule has 104 valence electrons. The molecule has 1 aromatic rings. The van der Waals surface area contributed by atoms with Crippen LogP contribution >= 0.6 is 11.6 Å². The summed E-state index contributed by atoms with van der Waals surface area (Å²) in [4.78, 5) is 21.3. The fourth-order valence-corrected chi connectivity index (χ4v) is 2.69. The van der Waals surface area contributed by atoms with E-state index in [2.05, 4.69) is 4.74 Å². The monoisotopic (exact) mass is 307 g/mol. The molecule has 0 aliphatic rings. The summed E-state index contributed by atoms with van der Waals surface area (Å²) in [6.45, 7) is -0.791. The van der Waals surface area contributed by atoms with Crippen LogP contribution in [0.4, 0.5) is 0 Å². The predicted octanol–water partition coefficient (Wildman–Crippen LogP) is 0.489. The molecule has 0 aliphatic carbocycles. The van der Waals surface area contributed by atoms with Gasteiger partial charge >= 0.3 is 11.9 Å². The maximum Gasteiger partial charge on any atom is 0.337 e. The van der Waals surface area contributed by atoms with Gasteiger partial charge in [0.25, 0.3) is 0 Å². The van der Waals surface area contributed by atoms with Crippen LogP contribution in [0.3, 0.4) is 0 Å². The number of ether oxygens (including phenoxy) is 1. The molecule has 0 bridgehead atoms. The molecule has 0 radical (unpaired) electrons. The van der Waals surface area contributed by atoms with E-state index in [4.69, 9.17) is 16.7 Å². The van der Waals surface area contributed by atoms with Gasteiger partial charge in [-0.05, 0) is 18.2 Å². The van der Waals surface area contributed by atoms with Crippen LogP contribution in [-0.4, -0.2) is 39.1 Å². The second-order valence-corrected chi connectivity index (χ2v) is 5.50. The van der Waals surface area contributed by atoms with Crippen LogP contribution in [-0.2, 0) is 19.6 Å². The Morgan fingerprint density at radius 1 is 1.42 bits per heavy atom. The van der Waals surface area contributed by atoms with Crippen LogP contribution in [0, 0.1) is 0 Å². The molecular weight excluding hydrogens is 298 g/mol. The zero-order valence-electron chi connectivity index (χ0n) is 9.71. The van der Waals surface area contributed by atoms with Crippen molar-refractivity contribution in [2.75, 3.05) is 13.7 Å². The van der Waals surface area contributed by atoms with Crippen molar-refractivity contribution in [3.8, 4) is 0 Å². The van der Waals surface area contributed by atoms with Gasteiger partial charge in [0.15, 0.2) is 0 Å². The van der Waals surface area contributed by atoms with Gasteiger partial charge in [-0.1, -0.05) is 11.6 Å². The molecule has 0 atom stereocenters. The van der Waals surface area contributed by atoms with Gasteiger partial charge in [-0.2, -0.15) is 4.72 Å². The van der Waals surface area contributed by atoms with Crippen LogP contribution in [0.5, 0.6) is 0 Å². The van der Waals surface area contributed by atoms with E-state index < -0.39 is 33.4 Å². The molecule has 0 amide bonds. The van der Waals surface area contributed by atoms with Crippen LogP contribution < -0.4 is 4.72 Å². The minimum absolute atomic E-state index is 0.0115. The molecule has 0 heterocycles. The number of hydrogen-bond acceptors (Lipinski definition) is 5. The van der Waals surface area contributed by atoms with E-state index in [1.54, 1.807) is 0 Å². The lowest BCUT2D eigenvalue weighted by molar-refractivity contribution is -0.135. The fraction of sp³-hybridized carbons (Fsp3) is 0.200. The van der Waals surface area contributed by atoms with E-state index >= 15 is 0 Å². The Bertz CT molecular complexity index is 612. The fourth-order valence-electron chi connectivity index (χ4n) is 1.19. The molecule has 9 heteroatoms. The molecule has 0 aromatic heterocycles. The largest absolute Gasteiger partial charge is 0.480 e. The molecular formula is C10H10ClNO6S. The quantitative estimate of drug-likeness (QED) is 0.766. The summed E-state index contributed by atoms with van der Waals surface area (Å²) >= 11 is 5.73. The Hall–Kier alpha value is -1.64. The van der Waals surface area contributed by atoms with Crippen molar-refractivity contribution < 1.29 is 27.9 Å². The Labute approximate surface area is 114 Å². The van der Waals surface area contributed by atoms with Crippen molar-refractivity contribution in [3.05, 3.63) is 28.8 Å². The van der Waals surface area contributed by atoms with Gasteiger partial charge in [0.2, 0.25) is 10.0 Å². The van der Waals surface area contributed by atoms with E-state index in [0.29, 0.717) is 0 Å². The molecule has 0 saturated carbocycles. The van der Waals surface area contributed by atoms with Gasteiger partial charge in [0, 0.05) is 0 Å². The lowest BCUT2D eigenvalue weighted by Crippen LogP contribution is -2.29. The van der Waals surface area contributed by atoms with E-state index in [1.807, 2.05) is 4.72 Å². The van der Waals surface area contributed by atoms with Crippen LogP contribution in [0.15, 0.2) is 23.1 Å². The number of hydrogen-bond donors (Lipinski definition) is 2. The summed E-state index contributed by atoms with van der Waals surface area (Å²) in [5.41, 5.74) is -0.0115. The summed E-state index contributed by atoms with van der Waals surface area (Å²) in [5, 5.41) is 8.31. The van der Waals surface area contributed by atoms with Gasteiger partial charge in [-0.3, -0.25) is 4.79 Å². The smallest absolute Gasteiger partial charge is 0.337 e. The van der Waals surface area contributed by atoms with Crippen molar-refractivity contribution in [2.45, 2.75) is 4.90 Å². The molecule has 0 saturated heterocycles. The van der Waals surface area contributed by atoms with Gasteiger partial charge < -0.3 is 9.84 Å². The van der Waals surface area contributed by atoms with Crippen molar-refractivity contribution in [1.82, 2.24) is 4.72 Å². The second-order valence-electron chi connectivity index (χ2n) is 3.36. The molecule has 7 nitrogen and oxygen atoms in total. The number of nitrogens with one attached hydrogen (secondary N) is 1. The highest BCUT2D eigenvalue weighted by Crippen LogP contribution is 2.22. The SMILES string of the molecule is COC(=O)c1ccc(Cl)c(S(=O)(=O)NCC(=O)O)c1. The van der Waals surface area contributed by atoms with Gasteiger partial charge in [0.05, 0.1) is 17.7 Å². The van der Waals surface area contributed by atoms with E-state index in [1.165, 1.54) is 12.1 Å². The summed E-state index contributed by atoms with van der Waals surface area (Å²) in [6.07, 6.45) is 0. The van der Waals surface area contributed by atoms with Crippen molar-refractivity contribution in [2.24, 2.45) is 0 Å². The highest BCUT2D eigenvalue weighted by atomic mass is 35.5. The predicted molar refractivity (Wildman–Crippen MR) is 65.6 cm³/mol. The molecule has 0 spiro atoms. The zero-order chi connectivity index (χ0) is 14.6. The number of esters is 1. The Kier molecular flexibility index (Phi) is 4.87. The number of benzene rings is 1. The Morgan fingerprint density at radius 3 is 2.58 bits per heavy atom. The second kappa shape index (κ2) is 6.00. The molecule has 1 aromatic carbocycles. The van der Waals surface area contributed by atoms with E-state index in [-0.39, 0.29) is 10.6 Å². The minimum atomic E-state index is -4.12. The molecule has 0 unspecified atom stereocenters. The Balaban J connectivity index is 3.18. The number of rotatable bonds is 5. The van der Waals surface area contributed by atoms with Crippen LogP contribution in [0.25, 0.3) is 0 Å². The lowest BCUT2D eigenvalue weighted by atomic mass is 10.2. The van der Waals surface area contributed by atoms with Crippen molar-refractivity contribution >= 4 is 33.6 Å². The first-order valence-electron chi connectivity index (χ1n) is 4.87. The standard InChI is InChI=1S/C10H10ClNO6S/c1-18-10(15)6-2-3-7(11)8(4-6)19(16,17)12-5-9(13)14/h2-4,12H,5H2,1H3,(H,13,14). The summed E-state index contributed by atoms with van der Waals surface area (Å²) in [6, 6.07) is 3.52. The van der Waals surface area contributed by atoms with Gasteiger partial charge in [-0.25, -0.2) is 13.2 Å². The number of carbonyl (C=O) groups excluding carboxylic acids is 1. The highest BCUT2D eigenvalue weighted by Gasteiger charge is 2.21. The zero-order valence-corrected chi connectivity index (χ0v) is 11.3. The van der Waals surface area contributed by atoms with E-state index in [9.17, 15) is 18.0 Å². The Morgan fingerprint density at radius 2 is 2.05 bits per heavy atom. The van der Waals surface area contributed by atoms with E-state index in [0.717, 1.165) is 13.2 Å². The summed E-state index contributed by atoms with van der Waals surface area (Å²) < 4.78 is 29.9. The number of aliphatic carboxylic acids is 1. The van der Waals surface area contributed by atoms with Gasteiger partial charge in [0.1, 0.15) is 11.4 Å². The minimum Gasteiger partial charge on any atom is -0.480 e. The number of sulfonamides is 1. The van der Waals surface area contributed by atoms with Crippen molar-refractivity contribution in [1.29, 1.82) is 0 Å². The van der Waals surface area contributed by atoms with Crippen LogP contribution in [0.1, 0.15) is 10.4 Å². The third kappa shape index (κ3) is 3.91. The maximum absolute atomic E-state index is 11.8. The molecule has 0 aliphatic heterocycles. The summed E-state index contributed by atoms with van der Waals surface area (Å²) in [5.74, 6) is -2.07. The molecule has 2 N–H and O–H groups in total. The molecule has 19 heavy (non-hydrogen) atoms. The lowest BCUT2D eigenvalue weighted by Gasteiger charge is -2.08. The average molecular weight is 308 g/mol. The van der Waals surface area contributed by atoms with Gasteiger partial charge in [-0.15, -0.1) is 0 Å². The average Bonchev–Trinajstić information content (AvgIpc) is 2.36. The number of methoxy groups -OCH3 is 1. The van der Waals surface area contributed by atoms with Crippen molar-refractivity contribution in [3.63, 3.8) is 0 Å². The third-order valence-corrected chi connectivity index (χ3v) is 3.94. The normalized spacial score (nSPS) is 11.1. The number of carbonyl (C=O) groups is 2. The first-order valence-corrected chi connectivity index (χ1v) is 6.73. The molecule has 0 fully saturated rings. The number of halogens is 1. The topological polar surface area (TPSA) is 110 Å². The number of carboxylic acid groups (broad SMARTS) is 1. The maximum atomic E-state index is 11.8. The summed E-state index contributed by atoms with van der Waals surface area (Å²) in [7, 11) is -2.97. The first-order chi connectivity index (χ1) is 8.77. The van der Waals surface area contributed by atoms with Crippen LogP contribution in [0.2, 0.25) is 5.02 Å². The number of carboxylic acids is 1.